The standard InChI is InChI=1S/C16H22ClN3/c1-4-18-15(8-9-16-19-10-11-20(16)3)13-6-5-7-14(17)12(13)2/h5-7,10-11,15,18H,4,8-9H2,1-3H3. The van der Waals surface area contributed by atoms with Crippen molar-refractivity contribution in [1.82, 2.24) is 14.9 Å². The van der Waals surface area contributed by atoms with Gasteiger partial charge in [0.25, 0.3) is 0 Å². The Labute approximate surface area is 126 Å². The summed E-state index contributed by atoms with van der Waals surface area (Å²) in [5, 5.41) is 4.39. The zero-order valence-electron chi connectivity index (χ0n) is 12.4. The molecule has 3 nitrogen and oxygen atoms in total. The number of rotatable bonds is 6. The third-order valence-corrected chi connectivity index (χ3v) is 4.12. The molecule has 1 heterocycles. The van der Waals surface area contributed by atoms with E-state index in [2.05, 4.69) is 34.8 Å². The summed E-state index contributed by atoms with van der Waals surface area (Å²) in [6.07, 6.45) is 5.80. The van der Waals surface area contributed by atoms with Gasteiger partial charge in [0.05, 0.1) is 0 Å². The molecule has 0 radical (unpaired) electrons. The largest absolute Gasteiger partial charge is 0.338 e. The SMILES string of the molecule is CCNC(CCc1nccn1C)c1cccc(Cl)c1C. The molecule has 0 saturated carbocycles. The molecule has 0 aliphatic rings. The van der Waals surface area contributed by atoms with Crippen LogP contribution in [0, 0.1) is 6.92 Å². The molecule has 1 unspecified atom stereocenters. The van der Waals surface area contributed by atoms with E-state index in [0.717, 1.165) is 30.2 Å². The summed E-state index contributed by atoms with van der Waals surface area (Å²) in [6.45, 7) is 5.16. The Bertz CT molecular complexity index is 563. The zero-order chi connectivity index (χ0) is 14.5. The highest BCUT2D eigenvalue weighted by atomic mass is 35.5. The quantitative estimate of drug-likeness (QED) is 0.880. The summed E-state index contributed by atoms with van der Waals surface area (Å²) in [4.78, 5) is 4.39. The molecule has 108 valence electrons. The van der Waals surface area contributed by atoms with Gasteiger partial charge in [0.15, 0.2) is 0 Å². The normalized spacial score (nSPS) is 12.6. The van der Waals surface area contributed by atoms with Crippen LogP contribution >= 0.6 is 11.6 Å². The fraction of sp³-hybridized carbons (Fsp3) is 0.438. The van der Waals surface area contributed by atoms with Crippen LogP contribution in [0.4, 0.5) is 0 Å². The van der Waals surface area contributed by atoms with Crippen molar-refractivity contribution in [1.29, 1.82) is 0 Å². The molecule has 0 bridgehead atoms. The Kier molecular flexibility index (Phi) is 5.21. The van der Waals surface area contributed by atoms with Crippen LogP contribution in [-0.2, 0) is 13.5 Å². The topological polar surface area (TPSA) is 29.9 Å². The predicted octanol–water partition coefficient (Wildman–Crippen LogP) is 3.67. The minimum atomic E-state index is 0.315. The Morgan fingerprint density at radius 3 is 2.85 bits per heavy atom. The monoisotopic (exact) mass is 291 g/mol. The maximum absolute atomic E-state index is 6.24. The average Bonchev–Trinajstić information content (AvgIpc) is 2.84. The maximum atomic E-state index is 6.24. The van der Waals surface area contributed by atoms with E-state index in [4.69, 9.17) is 11.6 Å². The number of nitrogens with one attached hydrogen (secondary N) is 1. The van der Waals surface area contributed by atoms with E-state index in [-0.39, 0.29) is 0 Å². The second-order valence-electron chi connectivity index (χ2n) is 5.06. The van der Waals surface area contributed by atoms with Crippen molar-refractivity contribution in [2.45, 2.75) is 32.7 Å². The molecule has 0 fully saturated rings. The number of hydrogen-bond donors (Lipinski definition) is 1. The van der Waals surface area contributed by atoms with Crippen molar-refractivity contribution in [3.8, 4) is 0 Å². The van der Waals surface area contributed by atoms with Crippen molar-refractivity contribution in [3.05, 3.63) is 52.6 Å². The van der Waals surface area contributed by atoms with Crippen LogP contribution < -0.4 is 5.32 Å². The second kappa shape index (κ2) is 6.91. The van der Waals surface area contributed by atoms with Crippen LogP contribution in [0.15, 0.2) is 30.6 Å². The number of imidazole rings is 1. The number of nitrogens with zero attached hydrogens (tertiary/aromatic N) is 2. The molecule has 1 aromatic heterocycles. The van der Waals surface area contributed by atoms with E-state index in [1.54, 1.807) is 0 Å². The number of halogens is 1. The molecule has 0 spiro atoms. The molecule has 1 aromatic carbocycles. The van der Waals surface area contributed by atoms with Gasteiger partial charge in [-0.15, -0.1) is 0 Å². The first-order valence-corrected chi connectivity index (χ1v) is 7.45. The molecule has 2 rings (SSSR count). The van der Waals surface area contributed by atoms with Gasteiger partial charge in [-0.05, 0) is 37.1 Å². The predicted molar refractivity (Wildman–Crippen MR) is 84.1 cm³/mol. The van der Waals surface area contributed by atoms with Crippen molar-refractivity contribution < 1.29 is 0 Å². The first kappa shape index (κ1) is 15.1. The highest BCUT2D eigenvalue weighted by Crippen LogP contribution is 2.27. The minimum Gasteiger partial charge on any atom is -0.338 e. The number of benzene rings is 1. The van der Waals surface area contributed by atoms with Crippen molar-refractivity contribution in [3.63, 3.8) is 0 Å². The lowest BCUT2D eigenvalue weighted by Crippen LogP contribution is -2.22. The lowest BCUT2D eigenvalue weighted by molar-refractivity contribution is 0.504. The van der Waals surface area contributed by atoms with E-state index in [1.807, 2.05) is 31.6 Å². The summed E-state index contributed by atoms with van der Waals surface area (Å²) in [7, 11) is 2.04. The van der Waals surface area contributed by atoms with Crippen LogP contribution in [0.3, 0.4) is 0 Å². The van der Waals surface area contributed by atoms with Crippen molar-refractivity contribution in [2.75, 3.05) is 6.54 Å². The van der Waals surface area contributed by atoms with Gasteiger partial charge >= 0.3 is 0 Å². The molecule has 2 aromatic rings. The molecule has 0 aliphatic heterocycles. The van der Waals surface area contributed by atoms with Crippen LogP contribution in [0.5, 0.6) is 0 Å². The Hall–Kier alpha value is -1.32. The summed E-state index contributed by atoms with van der Waals surface area (Å²) in [6, 6.07) is 6.45. The lowest BCUT2D eigenvalue weighted by Gasteiger charge is -2.21. The van der Waals surface area contributed by atoms with Gasteiger partial charge in [-0.1, -0.05) is 30.7 Å². The summed E-state index contributed by atoms with van der Waals surface area (Å²) in [5.41, 5.74) is 2.45. The van der Waals surface area contributed by atoms with E-state index in [9.17, 15) is 0 Å². The maximum Gasteiger partial charge on any atom is 0.108 e. The van der Waals surface area contributed by atoms with Gasteiger partial charge in [0.1, 0.15) is 5.82 Å². The molecule has 4 heteroatoms. The van der Waals surface area contributed by atoms with E-state index in [1.165, 1.54) is 11.1 Å². The molecular formula is C16H22ClN3. The van der Waals surface area contributed by atoms with Crippen LogP contribution in [-0.4, -0.2) is 16.1 Å². The lowest BCUT2D eigenvalue weighted by atomic mass is 9.97. The molecule has 1 N–H and O–H groups in total. The molecule has 20 heavy (non-hydrogen) atoms. The van der Waals surface area contributed by atoms with Gasteiger partial charge in [-0.3, -0.25) is 0 Å². The Morgan fingerprint density at radius 1 is 1.40 bits per heavy atom. The van der Waals surface area contributed by atoms with Crippen LogP contribution in [0.1, 0.15) is 36.3 Å². The first-order chi connectivity index (χ1) is 9.63. The highest BCUT2D eigenvalue weighted by molar-refractivity contribution is 6.31. The molecule has 1 atom stereocenters. The molecular weight excluding hydrogens is 270 g/mol. The Balaban J connectivity index is 2.14. The van der Waals surface area contributed by atoms with E-state index >= 15 is 0 Å². The second-order valence-corrected chi connectivity index (χ2v) is 5.46. The summed E-state index contributed by atoms with van der Waals surface area (Å²) < 4.78 is 2.08. The molecule has 0 amide bonds. The average molecular weight is 292 g/mol. The third-order valence-electron chi connectivity index (χ3n) is 3.71. The van der Waals surface area contributed by atoms with E-state index in [0.29, 0.717) is 6.04 Å². The number of hydrogen-bond acceptors (Lipinski definition) is 2. The van der Waals surface area contributed by atoms with Crippen molar-refractivity contribution in [2.24, 2.45) is 7.05 Å². The van der Waals surface area contributed by atoms with Gasteiger partial charge in [-0.25, -0.2) is 4.98 Å². The minimum absolute atomic E-state index is 0.315. The highest BCUT2D eigenvalue weighted by Gasteiger charge is 2.15. The Morgan fingerprint density at radius 2 is 2.20 bits per heavy atom. The van der Waals surface area contributed by atoms with Crippen LogP contribution in [0.2, 0.25) is 5.02 Å². The fourth-order valence-electron chi connectivity index (χ4n) is 2.53. The van der Waals surface area contributed by atoms with Gasteiger partial charge < -0.3 is 9.88 Å². The molecule has 0 aliphatic carbocycles. The summed E-state index contributed by atoms with van der Waals surface area (Å²) >= 11 is 6.24. The molecule has 0 saturated heterocycles. The smallest absolute Gasteiger partial charge is 0.108 e. The van der Waals surface area contributed by atoms with E-state index < -0.39 is 0 Å². The number of aryl methyl sites for hydroxylation is 2. The van der Waals surface area contributed by atoms with Crippen LogP contribution in [0.25, 0.3) is 0 Å². The zero-order valence-corrected chi connectivity index (χ0v) is 13.1. The summed E-state index contributed by atoms with van der Waals surface area (Å²) in [5.74, 6) is 1.12. The third kappa shape index (κ3) is 3.41. The van der Waals surface area contributed by atoms with Gasteiger partial charge in [0, 0.05) is 36.9 Å². The first-order valence-electron chi connectivity index (χ1n) is 7.08. The fourth-order valence-corrected chi connectivity index (χ4v) is 2.71. The van der Waals surface area contributed by atoms with Gasteiger partial charge in [-0.2, -0.15) is 0 Å². The van der Waals surface area contributed by atoms with Gasteiger partial charge in [0.2, 0.25) is 0 Å². The van der Waals surface area contributed by atoms with Crippen molar-refractivity contribution >= 4 is 11.6 Å². The number of aromatic nitrogens is 2.